The molecule has 0 unspecified atom stereocenters. The Kier molecular flexibility index (Phi) is 14.5. The zero-order valence-corrected chi connectivity index (χ0v) is 55.7. The van der Waals surface area contributed by atoms with Gasteiger partial charge >= 0.3 is 0 Å². The third-order valence-corrected chi connectivity index (χ3v) is 19.4. The van der Waals surface area contributed by atoms with Crippen molar-refractivity contribution in [1.82, 2.24) is 9.13 Å². The van der Waals surface area contributed by atoms with Crippen LogP contribution in [0, 0.1) is 41.5 Å². The maximum absolute atomic E-state index is 4.78. The van der Waals surface area contributed by atoms with Crippen LogP contribution in [0.5, 0.6) is 0 Å². The smallest absolute Gasteiger partial charge is 0.247 e. The molecule has 0 amide bonds. The maximum Gasteiger partial charge on any atom is 0.247 e. The Morgan fingerprint density at radius 2 is 0.888 bits per heavy atom. The van der Waals surface area contributed by atoms with Gasteiger partial charge < -0.3 is 18.9 Å². The summed E-state index contributed by atoms with van der Waals surface area (Å²) < 4.78 is 5.18. The van der Waals surface area contributed by atoms with Gasteiger partial charge in [-0.3, -0.25) is 0 Å². The van der Waals surface area contributed by atoms with E-state index < -0.39 is 0 Å². The van der Waals surface area contributed by atoms with Crippen molar-refractivity contribution in [3.05, 3.63) is 251 Å². The van der Waals surface area contributed by atoms with Gasteiger partial charge in [-0.15, -0.1) is 12.6 Å². The summed E-state index contributed by atoms with van der Waals surface area (Å²) in [6, 6.07) is 72.7. The molecular weight excluding hydrogens is 1070 g/mol. The first-order valence-corrected chi connectivity index (χ1v) is 32.3. The van der Waals surface area contributed by atoms with Crippen molar-refractivity contribution in [2.45, 2.75) is 140 Å². The third kappa shape index (κ3) is 10.0. The molecule has 0 fully saturated rings. The van der Waals surface area contributed by atoms with Crippen molar-refractivity contribution >= 4 is 113 Å². The molecule has 6 heteroatoms. The molecule has 10 aromatic carbocycles. The fourth-order valence-electron chi connectivity index (χ4n) is 15.3. The first-order valence-electron chi connectivity index (χ1n) is 32.3. The van der Waals surface area contributed by atoms with Crippen LogP contribution in [-0.2, 0) is 16.2 Å². The number of nitrogens with zero attached hydrogens (tertiary/aromatic N) is 4. The fraction of sp³-hybridized carbons (Fsp3) is 0.253. The lowest BCUT2D eigenvalue weighted by molar-refractivity contribution is 0.590. The van der Waals surface area contributed by atoms with Crippen LogP contribution >= 0.6 is 0 Å². The summed E-state index contributed by atoms with van der Waals surface area (Å²) in [5.74, 6) is 2.23. The van der Waals surface area contributed by atoms with E-state index in [0.29, 0.717) is 0 Å². The van der Waals surface area contributed by atoms with Gasteiger partial charge in [0, 0.05) is 67.4 Å². The Hall–Kier alpha value is -8.73. The van der Waals surface area contributed by atoms with E-state index in [1.807, 2.05) is 0 Å². The second kappa shape index (κ2) is 21.8. The van der Waals surface area contributed by atoms with Gasteiger partial charge in [0.05, 0.1) is 22.1 Å². The first-order chi connectivity index (χ1) is 42.3. The van der Waals surface area contributed by atoms with E-state index in [1.54, 1.807) is 0 Å². The molecule has 0 saturated heterocycles. The van der Waals surface area contributed by atoms with Crippen LogP contribution in [0.25, 0.3) is 55.0 Å². The summed E-state index contributed by atoms with van der Waals surface area (Å²) >= 11 is 0. The normalized spacial score (nSPS) is 12.9. The van der Waals surface area contributed by atoms with Gasteiger partial charge in [0.15, 0.2) is 0 Å². The Bertz CT molecular complexity index is 4680. The predicted octanol–water partition coefficient (Wildman–Crippen LogP) is 18.8. The summed E-state index contributed by atoms with van der Waals surface area (Å²) in [5, 5.41) is 4.87. The zero-order chi connectivity index (χ0) is 62.9. The minimum absolute atomic E-state index is 0.0362. The molecule has 89 heavy (non-hydrogen) atoms. The van der Waals surface area contributed by atoms with E-state index >= 15 is 0 Å². The Balaban J connectivity index is 1.12. The van der Waals surface area contributed by atoms with Crippen LogP contribution in [0.4, 0.5) is 28.4 Å². The van der Waals surface area contributed by atoms with E-state index in [1.165, 1.54) is 132 Å². The van der Waals surface area contributed by atoms with Crippen LogP contribution in [0.1, 0.15) is 126 Å². The molecule has 3 heterocycles. The number of benzene rings is 10. The maximum atomic E-state index is 4.78. The van der Waals surface area contributed by atoms with Crippen LogP contribution in [0.2, 0.25) is 0 Å². The highest BCUT2D eigenvalue weighted by molar-refractivity contribution is 7.00. The van der Waals surface area contributed by atoms with E-state index in [0.717, 1.165) is 28.4 Å². The molecule has 2 aromatic heterocycles. The number of aryl methyl sites for hydroxylation is 6. The second-order valence-electron chi connectivity index (χ2n) is 29.2. The predicted molar refractivity (Wildman–Crippen MR) is 391 cm³/mol. The lowest BCUT2D eigenvalue weighted by Crippen LogP contribution is -2.63. The molecule has 0 N–H and O–H groups in total. The molecule has 0 bridgehead atoms. The lowest BCUT2D eigenvalue weighted by Gasteiger charge is -2.43. The molecule has 12 aromatic rings. The first kappa shape index (κ1) is 59.2. The largest absolute Gasteiger partial charge is 0.340 e. The molecule has 0 aliphatic carbocycles. The Labute approximate surface area is 530 Å². The molecular formula is C83H86B2N4. The average Bonchev–Trinajstić information content (AvgIpc) is 1.75. The number of anilines is 5. The van der Waals surface area contributed by atoms with Crippen LogP contribution in [0.3, 0.4) is 0 Å². The minimum Gasteiger partial charge on any atom is -0.340 e. The molecule has 4 nitrogen and oxygen atoms in total. The third-order valence-electron chi connectivity index (χ3n) is 19.4. The van der Waals surface area contributed by atoms with E-state index in [4.69, 9.17) is 6.58 Å². The van der Waals surface area contributed by atoms with Gasteiger partial charge in [0.1, 0.15) is 0 Å². The molecule has 1 aliphatic rings. The van der Waals surface area contributed by atoms with Crippen molar-refractivity contribution in [1.29, 1.82) is 0 Å². The van der Waals surface area contributed by atoms with Gasteiger partial charge in [-0.1, -0.05) is 216 Å². The zero-order valence-electron chi connectivity index (χ0n) is 55.7. The number of hydrogen-bond acceptors (Lipinski definition) is 2. The van der Waals surface area contributed by atoms with Crippen molar-refractivity contribution in [2.24, 2.45) is 0 Å². The number of para-hydroxylation sites is 2. The van der Waals surface area contributed by atoms with Gasteiger partial charge in [-0.05, 0) is 184 Å². The summed E-state index contributed by atoms with van der Waals surface area (Å²) in [6.07, 6.45) is 0. The molecule has 0 radical (unpaired) electrons. The molecule has 0 saturated carbocycles. The van der Waals surface area contributed by atoms with Crippen molar-refractivity contribution < 1.29 is 0 Å². The lowest BCUT2D eigenvalue weighted by atomic mass is 9.31. The van der Waals surface area contributed by atoms with Crippen LogP contribution in [0.15, 0.2) is 201 Å². The van der Waals surface area contributed by atoms with Gasteiger partial charge in [-0.25, -0.2) is 0 Å². The number of hydrogen-bond donors (Lipinski definition) is 0. The van der Waals surface area contributed by atoms with Gasteiger partial charge in [0.25, 0.3) is 0 Å². The highest BCUT2D eigenvalue weighted by atomic mass is 15.2. The standard InChI is InChI=1S/C83H86B2N4/c1-19-84(76-54(6)44-52(4)45-55(76)7)71-49-65(50-72-80(71)86(51(2)3)75-43-32-60(83(16,17)18)48-70(75)85(72)77-56(8)46-53(5)47-57(77)9)89-74-27-23-21-25-67(74)69-42-41-68-66-24-20-22-26-73(66)88(78(68)79(69)89)64-39-37-63(38-40-64)87(61-33-28-58(29-34-61)81(10,11)12)62-35-30-59(31-36-62)82(13,14)15/h19-51H,1H2,2-18H3. The summed E-state index contributed by atoms with van der Waals surface area (Å²) in [6.45, 7) is 43.8. The van der Waals surface area contributed by atoms with Gasteiger partial charge in [0.2, 0.25) is 13.4 Å². The molecule has 0 atom stereocenters. The Morgan fingerprint density at radius 3 is 1.35 bits per heavy atom. The molecule has 444 valence electrons. The highest BCUT2D eigenvalue weighted by Crippen LogP contribution is 2.44. The van der Waals surface area contributed by atoms with Crippen molar-refractivity contribution in [2.75, 3.05) is 9.80 Å². The number of rotatable bonds is 10. The quantitative estimate of drug-likeness (QED) is 0.127. The van der Waals surface area contributed by atoms with E-state index in [9.17, 15) is 0 Å². The van der Waals surface area contributed by atoms with Crippen molar-refractivity contribution in [3.8, 4) is 11.4 Å². The number of aromatic nitrogens is 2. The summed E-state index contributed by atoms with van der Waals surface area (Å²) in [7, 11) is 0. The molecule has 1 aliphatic heterocycles. The molecule has 0 spiro atoms. The van der Waals surface area contributed by atoms with Gasteiger partial charge in [-0.2, -0.15) is 0 Å². The SMILES string of the molecule is C=CB(c1cc(-n2c3ccccc3c3ccc4c5ccccc5n(-c5ccc(N(c6ccc(C(C)(C)C)cc6)c6ccc(C(C)(C)C)cc6)cc5)c4c32)cc2c1N(C(C)C)c1ccc(C(C)(C)C)cc1B2c1c(C)cc(C)cc1C)c1c(C)cc(C)cc1C. The number of fused-ring (bicyclic) bond motifs is 9. The van der Waals surface area contributed by atoms with Crippen LogP contribution in [-0.4, -0.2) is 28.6 Å². The average molecular weight is 1160 g/mol. The summed E-state index contributed by atoms with van der Waals surface area (Å²) in [4.78, 5) is 5.08. The van der Waals surface area contributed by atoms with Crippen LogP contribution < -0.4 is 37.1 Å². The van der Waals surface area contributed by atoms with E-state index in [-0.39, 0.29) is 35.7 Å². The minimum atomic E-state index is -0.132. The van der Waals surface area contributed by atoms with E-state index in [2.05, 4.69) is 331 Å². The monoisotopic (exact) mass is 1160 g/mol. The fourth-order valence-corrected chi connectivity index (χ4v) is 15.3. The van der Waals surface area contributed by atoms with Crippen molar-refractivity contribution in [3.63, 3.8) is 0 Å². The topological polar surface area (TPSA) is 16.3 Å². The summed E-state index contributed by atoms with van der Waals surface area (Å²) in [5.41, 5.74) is 31.2. The molecule has 13 rings (SSSR count). The Morgan fingerprint density at radius 1 is 0.449 bits per heavy atom. The highest BCUT2D eigenvalue weighted by Gasteiger charge is 2.42. The second-order valence-corrected chi connectivity index (χ2v) is 29.2.